The van der Waals surface area contributed by atoms with E-state index in [0.717, 1.165) is 19.6 Å². The zero-order valence-electron chi connectivity index (χ0n) is 10.4. The van der Waals surface area contributed by atoms with Crippen molar-refractivity contribution in [2.24, 2.45) is 0 Å². The molecule has 0 aromatic heterocycles. The Morgan fingerprint density at radius 2 is 1.82 bits per heavy atom. The SMILES string of the molecule is C[C@H]1CN(Cc2ccccc2)[C@@H](C)CN1.Cl.Cl. The molecule has 0 unspecified atom stereocenters. The summed E-state index contributed by atoms with van der Waals surface area (Å²) in [5.41, 5.74) is 1.42. The highest BCUT2D eigenvalue weighted by atomic mass is 35.5. The fourth-order valence-electron chi connectivity index (χ4n) is 2.14. The standard InChI is InChI=1S/C13H20N2.2ClH/c1-11-9-15(12(2)8-14-11)10-13-6-4-3-5-7-13;;/h3-7,11-12,14H,8-10H2,1-2H3;2*1H/t11-,12-;;/m0../s1. The normalized spacial score (nSPS) is 24.6. The molecular formula is C13H22Cl2N2. The third-order valence-electron chi connectivity index (χ3n) is 3.12. The van der Waals surface area contributed by atoms with E-state index >= 15 is 0 Å². The van der Waals surface area contributed by atoms with Crippen molar-refractivity contribution >= 4 is 24.8 Å². The van der Waals surface area contributed by atoms with E-state index < -0.39 is 0 Å². The number of rotatable bonds is 2. The Kier molecular flexibility index (Phi) is 7.80. The molecule has 1 saturated heterocycles. The molecule has 0 amide bonds. The van der Waals surface area contributed by atoms with E-state index in [0.29, 0.717) is 12.1 Å². The van der Waals surface area contributed by atoms with Crippen LogP contribution in [0.4, 0.5) is 0 Å². The van der Waals surface area contributed by atoms with Crippen LogP contribution in [-0.4, -0.2) is 30.1 Å². The van der Waals surface area contributed by atoms with Gasteiger partial charge in [0.05, 0.1) is 0 Å². The maximum atomic E-state index is 3.51. The van der Waals surface area contributed by atoms with Crippen LogP contribution in [0.3, 0.4) is 0 Å². The smallest absolute Gasteiger partial charge is 0.0237 e. The fraction of sp³-hybridized carbons (Fsp3) is 0.538. The first-order valence-corrected chi connectivity index (χ1v) is 5.77. The summed E-state index contributed by atoms with van der Waals surface area (Å²) in [6.45, 7) is 7.88. The van der Waals surface area contributed by atoms with E-state index in [1.54, 1.807) is 0 Å². The number of halogens is 2. The van der Waals surface area contributed by atoms with Gasteiger partial charge in [-0.05, 0) is 19.4 Å². The minimum absolute atomic E-state index is 0. The molecule has 1 fully saturated rings. The molecule has 2 rings (SSSR count). The predicted octanol–water partition coefficient (Wildman–Crippen LogP) is 2.71. The monoisotopic (exact) mass is 276 g/mol. The lowest BCUT2D eigenvalue weighted by Crippen LogP contribution is -2.53. The summed E-state index contributed by atoms with van der Waals surface area (Å²) < 4.78 is 0. The third-order valence-corrected chi connectivity index (χ3v) is 3.12. The van der Waals surface area contributed by atoms with Gasteiger partial charge in [0.2, 0.25) is 0 Å². The number of benzene rings is 1. The molecule has 0 saturated carbocycles. The van der Waals surface area contributed by atoms with Crippen molar-refractivity contribution in [3.05, 3.63) is 35.9 Å². The van der Waals surface area contributed by atoms with Gasteiger partial charge < -0.3 is 5.32 Å². The first-order chi connectivity index (χ1) is 7.25. The Labute approximate surface area is 117 Å². The predicted molar refractivity (Wildman–Crippen MR) is 78.3 cm³/mol. The Hall–Kier alpha value is -0.280. The lowest BCUT2D eigenvalue weighted by molar-refractivity contribution is 0.139. The number of nitrogens with zero attached hydrogens (tertiary/aromatic N) is 1. The van der Waals surface area contributed by atoms with Crippen LogP contribution in [-0.2, 0) is 6.54 Å². The van der Waals surface area contributed by atoms with Crippen LogP contribution in [0.15, 0.2) is 30.3 Å². The summed E-state index contributed by atoms with van der Waals surface area (Å²) in [7, 11) is 0. The highest BCUT2D eigenvalue weighted by Gasteiger charge is 2.21. The summed E-state index contributed by atoms with van der Waals surface area (Å²) in [6.07, 6.45) is 0. The van der Waals surface area contributed by atoms with Crippen LogP contribution in [0.5, 0.6) is 0 Å². The molecule has 1 aromatic rings. The van der Waals surface area contributed by atoms with Crippen LogP contribution in [0.25, 0.3) is 0 Å². The lowest BCUT2D eigenvalue weighted by atomic mass is 10.1. The molecule has 0 aliphatic carbocycles. The Morgan fingerprint density at radius 1 is 1.18 bits per heavy atom. The molecule has 0 bridgehead atoms. The van der Waals surface area contributed by atoms with Crippen LogP contribution in [0.2, 0.25) is 0 Å². The number of nitrogens with one attached hydrogen (secondary N) is 1. The van der Waals surface area contributed by atoms with Gasteiger partial charge in [-0.1, -0.05) is 30.3 Å². The molecule has 4 heteroatoms. The highest BCUT2D eigenvalue weighted by Crippen LogP contribution is 2.11. The van der Waals surface area contributed by atoms with E-state index in [1.165, 1.54) is 5.56 Å². The van der Waals surface area contributed by atoms with Crippen molar-refractivity contribution in [2.45, 2.75) is 32.5 Å². The Balaban J connectivity index is 0.00000128. The zero-order valence-corrected chi connectivity index (χ0v) is 12.1. The van der Waals surface area contributed by atoms with E-state index in [4.69, 9.17) is 0 Å². The first-order valence-electron chi connectivity index (χ1n) is 5.77. The molecule has 0 radical (unpaired) electrons. The molecule has 1 aliphatic heterocycles. The lowest BCUT2D eigenvalue weighted by Gasteiger charge is -2.37. The van der Waals surface area contributed by atoms with Gasteiger partial charge in [0.25, 0.3) is 0 Å². The molecular weight excluding hydrogens is 255 g/mol. The van der Waals surface area contributed by atoms with Gasteiger partial charge >= 0.3 is 0 Å². The molecule has 0 spiro atoms. The van der Waals surface area contributed by atoms with Crippen molar-refractivity contribution in [3.63, 3.8) is 0 Å². The van der Waals surface area contributed by atoms with Crippen LogP contribution in [0.1, 0.15) is 19.4 Å². The van der Waals surface area contributed by atoms with E-state index in [1.807, 2.05) is 0 Å². The molecule has 1 aliphatic rings. The highest BCUT2D eigenvalue weighted by molar-refractivity contribution is 5.85. The molecule has 2 atom stereocenters. The molecule has 1 heterocycles. The van der Waals surface area contributed by atoms with E-state index in [9.17, 15) is 0 Å². The van der Waals surface area contributed by atoms with Crippen molar-refractivity contribution < 1.29 is 0 Å². The maximum absolute atomic E-state index is 3.51. The number of hydrogen-bond donors (Lipinski definition) is 1. The van der Waals surface area contributed by atoms with Crippen molar-refractivity contribution in [2.75, 3.05) is 13.1 Å². The first kappa shape index (κ1) is 16.7. The summed E-state index contributed by atoms with van der Waals surface area (Å²) in [6, 6.07) is 12.0. The minimum atomic E-state index is 0. The molecule has 2 nitrogen and oxygen atoms in total. The number of piperazine rings is 1. The van der Waals surface area contributed by atoms with Gasteiger partial charge in [-0.3, -0.25) is 4.90 Å². The van der Waals surface area contributed by atoms with Crippen LogP contribution in [0, 0.1) is 0 Å². The maximum Gasteiger partial charge on any atom is 0.0237 e. The van der Waals surface area contributed by atoms with Gasteiger partial charge in [0.15, 0.2) is 0 Å². The van der Waals surface area contributed by atoms with Crippen molar-refractivity contribution in [1.29, 1.82) is 0 Å². The summed E-state index contributed by atoms with van der Waals surface area (Å²) in [5.74, 6) is 0. The second-order valence-corrected chi connectivity index (χ2v) is 4.57. The quantitative estimate of drug-likeness (QED) is 0.894. The minimum Gasteiger partial charge on any atom is -0.311 e. The van der Waals surface area contributed by atoms with E-state index in [-0.39, 0.29) is 24.8 Å². The van der Waals surface area contributed by atoms with Crippen LogP contribution < -0.4 is 5.32 Å². The van der Waals surface area contributed by atoms with E-state index in [2.05, 4.69) is 54.4 Å². The molecule has 1 aromatic carbocycles. The molecule has 17 heavy (non-hydrogen) atoms. The van der Waals surface area contributed by atoms with Crippen LogP contribution >= 0.6 is 24.8 Å². The second-order valence-electron chi connectivity index (χ2n) is 4.57. The number of hydrogen-bond acceptors (Lipinski definition) is 2. The van der Waals surface area contributed by atoms with Gasteiger partial charge in [-0.15, -0.1) is 24.8 Å². The Morgan fingerprint density at radius 3 is 2.47 bits per heavy atom. The Bertz CT molecular complexity index is 306. The van der Waals surface area contributed by atoms with Crippen molar-refractivity contribution in [1.82, 2.24) is 10.2 Å². The average Bonchev–Trinajstić information content (AvgIpc) is 2.25. The second kappa shape index (κ2) is 7.93. The zero-order chi connectivity index (χ0) is 10.7. The van der Waals surface area contributed by atoms with Gasteiger partial charge in [-0.25, -0.2) is 0 Å². The topological polar surface area (TPSA) is 15.3 Å². The van der Waals surface area contributed by atoms with Crippen molar-refractivity contribution in [3.8, 4) is 0 Å². The summed E-state index contributed by atoms with van der Waals surface area (Å²) in [4.78, 5) is 2.55. The third kappa shape index (κ3) is 4.84. The average molecular weight is 277 g/mol. The fourth-order valence-corrected chi connectivity index (χ4v) is 2.14. The van der Waals surface area contributed by atoms with Gasteiger partial charge in [-0.2, -0.15) is 0 Å². The largest absolute Gasteiger partial charge is 0.311 e. The summed E-state index contributed by atoms with van der Waals surface area (Å²) in [5, 5.41) is 3.51. The van der Waals surface area contributed by atoms with Gasteiger partial charge in [0.1, 0.15) is 0 Å². The molecule has 98 valence electrons. The van der Waals surface area contributed by atoms with Gasteiger partial charge in [0, 0.05) is 31.7 Å². The molecule has 1 N–H and O–H groups in total. The summed E-state index contributed by atoms with van der Waals surface area (Å²) >= 11 is 0.